The predicted octanol–water partition coefficient (Wildman–Crippen LogP) is 2.75. The molecule has 0 N–H and O–H groups in total. The lowest BCUT2D eigenvalue weighted by atomic mass is 9.90. The third-order valence-corrected chi connectivity index (χ3v) is 7.22. The monoisotopic (exact) mass is 421 g/mol. The van der Waals surface area contributed by atoms with Crippen molar-refractivity contribution >= 4 is 15.9 Å². The number of aromatic nitrogens is 1. The number of sulfonamides is 1. The van der Waals surface area contributed by atoms with Gasteiger partial charge in [-0.05, 0) is 23.3 Å². The van der Waals surface area contributed by atoms with E-state index in [9.17, 15) is 13.2 Å². The molecule has 0 radical (unpaired) electrons. The van der Waals surface area contributed by atoms with Crippen LogP contribution in [0, 0.1) is 0 Å². The zero-order valence-electron chi connectivity index (χ0n) is 16.5. The first-order valence-electron chi connectivity index (χ1n) is 9.86. The molecule has 7 heteroatoms. The van der Waals surface area contributed by atoms with Crippen molar-refractivity contribution in [2.24, 2.45) is 0 Å². The maximum atomic E-state index is 13.5. The highest BCUT2D eigenvalue weighted by Gasteiger charge is 2.33. The number of nitrogens with zero attached hydrogens (tertiary/aromatic N) is 3. The summed E-state index contributed by atoms with van der Waals surface area (Å²) in [5.74, 6) is -0.417. The van der Waals surface area contributed by atoms with Gasteiger partial charge in [0.05, 0.1) is 5.92 Å². The molecule has 3 aromatic rings. The molecule has 0 aliphatic carbocycles. The fourth-order valence-electron chi connectivity index (χ4n) is 3.75. The Morgan fingerprint density at radius 2 is 1.37 bits per heavy atom. The molecule has 0 spiro atoms. The molecule has 6 nitrogen and oxygen atoms in total. The van der Waals surface area contributed by atoms with Crippen LogP contribution in [0.3, 0.4) is 0 Å². The summed E-state index contributed by atoms with van der Waals surface area (Å²) in [5.41, 5.74) is 1.86. The molecule has 1 aromatic heterocycles. The summed E-state index contributed by atoms with van der Waals surface area (Å²) < 4.78 is 27.1. The lowest BCUT2D eigenvalue weighted by Crippen LogP contribution is -2.51. The van der Waals surface area contributed by atoms with Gasteiger partial charge in [0.15, 0.2) is 0 Å². The lowest BCUT2D eigenvalue weighted by molar-refractivity contribution is -0.133. The molecule has 0 atom stereocenters. The van der Waals surface area contributed by atoms with Gasteiger partial charge in [-0.15, -0.1) is 0 Å². The van der Waals surface area contributed by atoms with Gasteiger partial charge in [0.25, 0.3) is 0 Å². The normalized spacial score (nSPS) is 15.3. The second-order valence-corrected chi connectivity index (χ2v) is 9.11. The van der Waals surface area contributed by atoms with Crippen molar-refractivity contribution in [1.82, 2.24) is 14.2 Å². The first kappa shape index (κ1) is 20.3. The van der Waals surface area contributed by atoms with Crippen LogP contribution in [-0.4, -0.2) is 54.7 Å². The molecule has 1 saturated heterocycles. The number of carbonyl (C=O) groups is 1. The maximum absolute atomic E-state index is 13.5. The number of hydrogen-bond donors (Lipinski definition) is 0. The van der Waals surface area contributed by atoms with Crippen LogP contribution in [0.2, 0.25) is 0 Å². The number of pyridine rings is 1. The molecule has 154 valence electrons. The average Bonchev–Trinajstić information content (AvgIpc) is 2.81. The Bertz CT molecular complexity index is 1040. The number of benzene rings is 2. The largest absolute Gasteiger partial charge is 0.339 e. The Balaban J connectivity index is 1.53. The van der Waals surface area contributed by atoms with Gasteiger partial charge in [0, 0.05) is 38.6 Å². The fraction of sp³-hybridized carbons (Fsp3) is 0.217. The Labute approximate surface area is 176 Å². The summed E-state index contributed by atoms with van der Waals surface area (Å²) in [5, 5.41) is 0. The van der Waals surface area contributed by atoms with Gasteiger partial charge in [0.2, 0.25) is 15.9 Å². The van der Waals surface area contributed by atoms with Crippen LogP contribution >= 0.6 is 0 Å². The van der Waals surface area contributed by atoms with E-state index in [-0.39, 0.29) is 23.9 Å². The topological polar surface area (TPSA) is 70.6 Å². The standard InChI is InChI=1S/C23H23N3O3S/c27-23(22(19-8-3-1-4-9-19)20-10-5-2-6-11-20)25-14-16-26(17-15-25)30(28,29)21-12-7-13-24-18-21/h1-13,18,22H,14-17H2. The minimum atomic E-state index is -3.60. The molecule has 30 heavy (non-hydrogen) atoms. The molecule has 1 fully saturated rings. The van der Waals surface area contributed by atoms with Crippen LogP contribution in [0.25, 0.3) is 0 Å². The van der Waals surface area contributed by atoms with Gasteiger partial charge in [-0.25, -0.2) is 8.42 Å². The summed E-state index contributed by atoms with van der Waals surface area (Å²) in [4.78, 5) is 19.3. The summed E-state index contributed by atoms with van der Waals surface area (Å²) >= 11 is 0. The molecule has 1 aliphatic heterocycles. The molecule has 0 bridgehead atoms. The second kappa shape index (κ2) is 8.77. The first-order valence-corrected chi connectivity index (χ1v) is 11.3. The number of carbonyl (C=O) groups excluding carboxylic acids is 1. The molecule has 0 saturated carbocycles. The highest BCUT2D eigenvalue weighted by atomic mass is 32.2. The van der Waals surface area contributed by atoms with Gasteiger partial charge in [-0.2, -0.15) is 4.31 Å². The van der Waals surface area contributed by atoms with Crippen LogP contribution in [0.5, 0.6) is 0 Å². The molecule has 1 amide bonds. The summed E-state index contributed by atoms with van der Waals surface area (Å²) in [7, 11) is -3.60. The third-order valence-electron chi connectivity index (χ3n) is 5.34. The van der Waals surface area contributed by atoms with Crippen LogP contribution in [0.4, 0.5) is 0 Å². The van der Waals surface area contributed by atoms with Crippen molar-refractivity contribution in [2.75, 3.05) is 26.2 Å². The summed E-state index contributed by atoms with van der Waals surface area (Å²) in [6, 6.07) is 22.5. The van der Waals surface area contributed by atoms with Crippen LogP contribution < -0.4 is 0 Å². The molecule has 0 unspecified atom stereocenters. The SMILES string of the molecule is O=C(C(c1ccccc1)c1ccccc1)N1CCN(S(=O)(=O)c2cccnc2)CC1. The Kier molecular flexibility index (Phi) is 5.92. The van der Waals surface area contributed by atoms with E-state index in [1.165, 1.54) is 10.5 Å². The molecule has 4 rings (SSSR count). The molecule has 2 aromatic carbocycles. The van der Waals surface area contributed by atoms with E-state index in [1.807, 2.05) is 60.7 Å². The number of piperazine rings is 1. The Hall–Kier alpha value is -3.03. The lowest BCUT2D eigenvalue weighted by Gasteiger charge is -2.36. The summed E-state index contributed by atoms with van der Waals surface area (Å²) in [6.07, 6.45) is 2.90. The number of rotatable bonds is 5. The van der Waals surface area contributed by atoms with E-state index < -0.39 is 15.9 Å². The van der Waals surface area contributed by atoms with Gasteiger partial charge in [-0.1, -0.05) is 60.7 Å². The van der Waals surface area contributed by atoms with Crippen molar-refractivity contribution in [2.45, 2.75) is 10.8 Å². The van der Waals surface area contributed by atoms with Crippen molar-refractivity contribution in [3.05, 3.63) is 96.3 Å². The van der Waals surface area contributed by atoms with E-state index in [2.05, 4.69) is 4.98 Å². The zero-order valence-corrected chi connectivity index (χ0v) is 17.3. The zero-order chi connectivity index (χ0) is 21.0. The third kappa shape index (κ3) is 4.13. The van der Waals surface area contributed by atoms with Crippen LogP contribution in [0.15, 0.2) is 90.1 Å². The molecule has 1 aliphatic rings. The van der Waals surface area contributed by atoms with Gasteiger partial charge >= 0.3 is 0 Å². The fourth-order valence-corrected chi connectivity index (χ4v) is 5.14. The highest BCUT2D eigenvalue weighted by molar-refractivity contribution is 7.89. The van der Waals surface area contributed by atoms with E-state index in [1.54, 1.807) is 23.2 Å². The average molecular weight is 422 g/mol. The van der Waals surface area contributed by atoms with E-state index in [0.29, 0.717) is 13.1 Å². The van der Waals surface area contributed by atoms with Crippen molar-refractivity contribution in [3.63, 3.8) is 0 Å². The van der Waals surface area contributed by atoms with Gasteiger partial charge < -0.3 is 4.90 Å². The van der Waals surface area contributed by atoms with Crippen molar-refractivity contribution < 1.29 is 13.2 Å². The van der Waals surface area contributed by atoms with Crippen LogP contribution in [-0.2, 0) is 14.8 Å². The van der Waals surface area contributed by atoms with E-state index in [4.69, 9.17) is 0 Å². The Morgan fingerprint density at radius 3 is 1.87 bits per heavy atom. The smallest absolute Gasteiger partial charge is 0.244 e. The highest BCUT2D eigenvalue weighted by Crippen LogP contribution is 2.28. The number of amides is 1. The van der Waals surface area contributed by atoms with Gasteiger partial charge in [-0.3, -0.25) is 9.78 Å². The first-order chi connectivity index (χ1) is 14.6. The van der Waals surface area contributed by atoms with Gasteiger partial charge in [0.1, 0.15) is 4.90 Å². The minimum absolute atomic E-state index is 0.00849. The van der Waals surface area contributed by atoms with Crippen molar-refractivity contribution in [3.8, 4) is 0 Å². The Morgan fingerprint density at radius 1 is 0.800 bits per heavy atom. The van der Waals surface area contributed by atoms with E-state index in [0.717, 1.165) is 11.1 Å². The minimum Gasteiger partial charge on any atom is -0.339 e. The van der Waals surface area contributed by atoms with Crippen molar-refractivity contribution in [1.29, 1.82) is 0 Å². The second-order valence-electron chi connectivity index (χ2n) is 7.17. The van der Waals surface area contributed by atoms with Crippen LogP contribution in [0.1, 0.15) is 17.0 Å². The molecular weight excluding hydrogens is 398 g/mol. The number of hydrogen-bond acceptors (Lipinski definition) is 4. The van der Waals surface area contributed by atoms with E-state index >= 15 is 0 Å². The quantitative estimate of drug-likeness (QED) is 0.635. The summed E-state index contributed by atoms with van der Waals surface area (Å²) in [6.45, 7) is 1.24. The molecular formula is C23H23N3O3S. The molecule has 2 heterocycles. The predicted molar refractivity (Wildman–Crippen MR) is 114 cm³/mol. The maximum Gasteiger partial charge on any atom is 0.244 e.